The lowest BCUT2D eigenvalue weighted by molar-refractivity contribution is 0.594. The van der Waals surface area contributed by atoms with Crippen LogP contribution in [0.5, 0.6) is 0 Å². The van der Waals surface area contributed by atoms with Crippen LogP contribution in [-0.2, 0) is 16.4 Å². The van der Waals surface area contributed by atoms with Crippen molar-refractivity contribution in [3.8, 4) is 0 Å². The van der Waals surface area contributed by atoms with E-state index in [0.29, 0.717) is 23.9 Å². The summed E-state index contributed by atoms with van der Waals surface area (Å²) >= 11 is 1.64. The van der Waals surface area contributed by atoms with Gasteiger partial charge in [0.15, 0.2) is 15.8 Å². The van der Waals surface area contributed by atoms with E-state index < -0.39 is 9.84 Å². The van der Waals surface area contributed by atoms with Gasteiger partial charge in [-0.2, -0.15) is 11.3 Å². The Morgan fingerprint density at radius 3 is 2.59 bits per heavy atom. The number of guanidine groups is 1. The highest BCUT2D eigenvalue weighted by atomic mass is 32.2. The minimum Gasteiger partial charge on any atom is -0.355 e. The molecule has 0 spiro atoms. The van der Waals surface area contributed by atoms with Crippen molar-refractivity contribution in [3.05, 3.63) is 52.7 Å². The molecular formula is C15H19N3O2S2. The molecule has 0 aliphatic heterocycles. The third kappa shape index (κ3) is 4.85. The Morgan fingerprint density at radius 1 is 1.18 bits per heavy atom. The highest BCUT2D eigenvalue weighted by molar-refractivity contribution is 7.91. The fourth-order valence-corrected chi connectivity index (χ4v) is 3.70. The van der Waals surface area contributed by atoms with Gasteiger partial charge < -0.3 is 10.6 Å². The molecule has 22 heavy (non-hydrogen) atoms. The van der Waals surface area contributed by atoms with Gasteiger partial charge in [0, 0.05) is 20.1 Å². The lowest BCUT2D eigenvalue weighted by Crippen LogP contribution is -2.39. The van der Waals surface area contributed by atoms with Gasteiger partial charge in [0.25, 0.3) is 0 Å². The normalized spacial score (nSPS) is 12.1. The van der Waals surface area contributed by atoms with Gasteiger partial charge in [0.2, 0.25) is 0 Å². The molecule has 0 aliphatic carbocycles. The van der Waals surface area contributed by atoms with Crippen LogP contribution < -0.4 is 10.6 Å². The van der Waals surface area contributed by atoms with Gasteiger partial charge in [-0.05, 0) is 34.5 Å². The van der Waals surface area contributed by atoms with E-state index in [1.807, 2.05) is 11.4 Å². The molecule has 118 valence electrons. The van der Waals surface area contributed by atoms with E-state index in [9.17, 15) is 8.42 Å². The molecule has 1 aromatic heterocycles. The van der Waals surface area contributed by atoms with E-state index in [2.05, 4.69) is 21.0 Å². The minimum atomic E-state index is -3.27. The molecule has 0 radical (unpaired) electrons. The van der Waals surface area contributed by atoms with Gasteiger partial charge in [0.1, 0.15) is 0 Å². The van der Waals surface area contributed by atoms with E-state index in [1.54, 1.807) is 48.7 Å². The fraction of sp³-hybridized carbons (Fsp3) is 0.267. The number of benzene rings is 1. The zero-order valence-electron chi connectivity index (χ0n) is 12.3. The highest BCUT2D eigenvalue weighted by Crippen LogP contribution is 2.09. The van der Waals surface area contributed by atoms with E-state index in [1.165, 1.54) is 5.56 Å². The zero-order chi connectivity index (χ0) is 15.8. The van der Waals surface area contributed by atoms with Crippen LogP contribution in [0.25, 0.3) is 0 Å². The molecular weight excluding hydrogens is 318 g/mol. The predicted molar refractivity (Wildman–Crippen MR) is 91.0 cm³/mol. The first-order valence-corrected chi connectivity index (χ1v) is 9.45. The summed E-state index contributed by atoms with van der Waals surface area (Å²) in [5.41, 5.74) is 1.17. The lowest BCUT2D eigenvalue weighted by Gasteiger charge is -2.11. The third-order valence-corrected chi connectivity index (χ3v) is 5.49. The topological polar surface area (TPSA) is 70.6 Å². The Labute approximate surface area is 135 Å². The molecule has 0 bridgehead atoms. The number of rotatable bonds is 6. The molecule has 2 rings (SSSR count). The largest absolute Gasteiger partial charge is 0.355 e. The Balaban J connectivity index is 1.81. The van der Waals surface area contributed by atoms with Gasteiger partial charge >= 0.3 is 0 Å². The molecule has 0 aliphatic rings. The number of hydrogen-bond donors (Lipinski definition) is 2. The number of sulfone groups is 1. The van der Waals surface area contributed by atoms with Crippen LogP contribution in [0.3, 0.4) is 0 Å². The Bertz CT molecular complexity index is 696. The molecule has 0 saturated carbocycles. The van der Waals surface area contributed by atoms with Crippen molar-refractivity contribution in [3.63, 3.8) is 0 Å². The summed E-state index contributed by atoms with van der Waals surface area (Å²) in [5, 5.41) is 10.2. The summed E-state index contributed by atoms with van der Waals surface area (Å²) in [6.07, 6.45) is 0. The maximum absolute atomic E-state index is 12.1. The second-order valence-electron chi connectivity index (χ2n) is 4.62. The van der Waals surface area contributed by atoms with Gasteiger partial charge in [-0.3, -0.25) is 4.99 Å². The van der Waals surface area contributed by atoms with Crippen molar-refractivity contribution in [1.82, 2.24) is 10.6 Å². The second kappa shape index (κ2) is 7.95. The van der Waals surface area contributed by atoms with E-state index >= 15 is 0 Å². The maximum Gasteiger partial charge on any atom is 0.191 e. The molecule has 2 aromatic rings. The highest BCUT2D eigenvalue weighted by Gasteiger charge is 2.13. The quantitative estimate of drug-likeness (QED) is 0.624. The van der Waals surface area contributed by atoms with E-state index in [-0.39, 0.29) is 5.75 Å². The van der Waals surface area contributed by atoms with Crippen molar-refractivity contribution in [2.24, 2.45) is 4.99 Å². The third-order valence-electron chi connectivity index (χ3n) is 3.03. The molecule has 5 nitrogen and oxygen atoms in total. The van der Waals surface area contributed by atoms with Crippen molar-refractivity contribution in [2.75, 3.05) is 19.3 Å². The van der Waals surface area contributed by atoms with Crippen molar-refractivity contribution < 1.29 is 8.42 Å². The van der Waals surface area contributed by atoms with Crippen LogP contribution in [0.15, 0.2) is 57.0 Å². The van der Waals surface area contributed by atoms with Gasteiger partial charge in [0.05, 0.1) is 10.6 Å². The van der Waals surface area contributed by atoms with Gasteiger partial charge in [-0.15, -0.1) is 0 Å². The summed E-state index contributed by atoms with van der Waals surface area (Å²) < 4.78 is 24.3. The molecule has 1 heterocycles. The lowest BCUT2D eigenvalue weighted by atomic mass is 10.3. The van der Waals surface area contributed by atoms with Crippen LogP contribution in [0, 0.1) is 0 Å². The number of hydrogen-bond acceptors (Lipinski definition) is 4. The molecule has 0 unspecified atom stereocenters. The minimum absolute atomic E-state index is 0.0240. The molecule has 0 saturated heterocycles. The molecule has 2 N–H and O–H groups in total. The monoisotopic (exact) mass is 337 g/mol. The zero-order valence-corrected chi connectivity index (χ0v) is 14.0. The molecule has 7 heteroatoms. The maximum atomic E-state index is 12.1. The summed E-state index contributed by atoms with van der Waals surface area (Å²) in [7, 11) is -1.60. The molecule has 0 atom stereocenters. The summed E-state index contributed by atoms with van der Waals surface area (Å²) in [6.45, 7) is 0.967. The van der Waals surface area contributed by atoms with Crippen LogP contribution in [0.4, 0.5) is 0 Å². The van der Waals surface area contributed by atoms with Crippen molar-refractivity contribution >= 4 is 27.1 Å². The molecule has 1 aromatic carbocycles. The van der Waals surface area contributed by atoms with Gasteiger partial charge in [-0.1, -0.05) is 18.2 Å². The average molecular weight is 337 g/mol. The van der Waals surface area contributed by atoms with E-state index in [0.717, 1.165) is 0 Å². The van der Waals surface area contributed by atoms with Crippen molar-refractivity contribution in [2.45, 2.75) is 11.4 Å². The standard InChI is InChI=1S/C15H19N3O2S2/c1-16-15(18-11-13-7-9-21-12-13)17-8-10-22(19,20)14-5-3-2-4-6-14/h2-7,9,12H,8,10-11H2,1H3,(H2,16,17,18). The smallest absolute Gasteiger partial charge is 0.191 e. The average Bonchev–Trinajstić information content (AvgIpc) is 3.05. The number of thiophene rings is 1. The van der Waals surface area contributed by atoms with Gasteiger partial charge in [-0.25, -0.2) is 8.42 Å². The summed E-state index contributed by atoms with van der Waals surface area (Å²) in [4.78, 5) is 4.43. The SMILES string of the molecule is CN=C(NCCS(=O)(=O)c1ccccc1)NCc1ccsc1. The molecule has 0 fully saturated rings. The van der Waals surface area contributed by atoms with Crippen LogP contribution in [0.1, 0.15) is 5.56 Å². The number of nitrogens with one attached hydrogen (secondary N) is 2. The number of aliphatic imine (C=N–C) groups is 1. The number of nitrogens with zero attached hydrogens (tertiary/aromatic N) is 1. The van der Waals surface area contributed by atoms with Crippen LogP contribution in [-0.4, -0.2) is 33.7 Å². The summed E-state index contributed by atoms with van der Waals surface area (Å²) in [6, 6.07) is 10.5. The predicted octanol–water partition coefficient (Wildman–Crippen LogP) is 1.89. The molecule has 0 amide bonds. The Kier molecular flexibility index (Phi) is 5.97. The first-order chi connectivity index (χ1) is 10.6. The van der Waals surface area contributed by atoms with E-state index in [4.69, 9.17) is 0 Å². The fourth-order valence-electron chi connectivity index (χ4n) is 1.85. The van der Waals surface area contributed by atoms with Crippen LogP contribution in [0.2, 0.25) is 0 Å². The van der Waals surface area contributed by atoms with Crippen LogP contribution >= 0.6 is 11.3 Å². The Morgan fingerprint density at radius 2 is 1.95 bits per heavy atom. The second-order valence-corrected chi connectivity index (χ2v) is 7.51. The Hall–Kier alpha value is -1.86. The van der Waals surface area contributed by atoms with Crippen molar-refractivity contribution in [1.29, 1.82) is 0 Å². The first kappa shape index (κ1) is 16.5. The summed E-state index contributed by atoms with van der Waals surface area (Å²) in [5.74, 6) is 0.616. The first-order valence-electron chi connectivity index (χ1n) is 6.85.